The Balaban J connectivity index is 1.48. The average Bonchev–Trinajstić information content (AvgIpc) is 3.52. The standard InChI is InChI=1S/C18H20N2O4S2/c21-15-10-13(20-26(23,24)16-2-1-9-25-16)7-8-14(15)18(22)19-17(11-3-4-11)12-5-6-12/h1-2,7-12,17,20-21H,3-6H2,(H,19,22). The number of phenols is 1. The molecule has 0 bridgehead atoms. The third-order valence-corrected chi connectivity index (χ3v) is 7.59. The average molecular weight is 393 g/mol. The summed E-state index contributed by atoms with van der Waals surface area (Å²) in [7, 11) is -3.69. The predicted molar refractivity (Wildman–Crippen MR) is 99.9 cm³/mol. The van der Waals surface area contributed by atoms with E-state index in [4.69, 9.17) is 0 Å². The Hall–Kier alpha value is -2.06. The molecule has 138 valence electrons. The number of thiophene rings is 1. The monoisotopic (exact) mass is 392 g/mol. The zero-order chi connectivity index (χ0) is 18.3. The first-order chi connectivity index (χ1) is 12.4. The number of sulfonamides is 1. The lowest BCUT2D eigenvalue weighted by Crippen LogP contribution is -2.38. The van der Waals surface area contributed by atoms with Gasteiger partial charge in [-0.2, -0.15) is 0 Å². The Morgan fingerprint density at radius 1 is 1.15 bits per heavy atom. The molecule has 26 heavy (non-hydrogen) atoms. The Morgan fingerprint density at radius 2 is 1.85 bits per heavy atom. The predicted octanol–water partition coefficient (Wildman–Crippen LogP) is 3.17. The van der Waals surface area contributed by atoms with Crippen molar-refractivity contribution in [3.63, 3.8) is 0 Å². The first-order valence-corrected chi connectivity index (χ1v) is 11.0. The van der Waals surface area contributed by atoms with Crippen molar-refractivity contribution in [2.24, 2.45) is 11.8 Å². The molecule has 2 aromatic rings. The molecule has 4 rings (SSSR count). The van der Waals surface area contributed by atoms with Crippen LogP contribution in [0, 0.1) is 11.8 Å². The molecule has 1 aromatic heterocycles. The summed E-state index contributed by atoms with van der Waals surface area (Å²) in [6, 6.07) is 7.56. The lowest BCUT2D eigenvalue weighted by Gasteiger charge is -2.18. The number of anilines is 1. The van der Waals surface area contributed by atoms with E-state index in [9.17, 15) is 18.3 Å². The summed E-state index contributed by atoms with van der Waals surface area (Å²) >= 11 is 1.11. The van der Waals surface area contributed by atoms with Crippen molar-refractivity contribution in [1.82, 2.24) is 5.32 Å². The van der Waals surface area contributed by atoms with E-state index in [1.807, 2.05) is 0 Å². The summed E-state index contributed by atoms with van der Waals surface area (Å²) < 4.78 is 27.1. The molecule has 0 atom stereocenters. The Morgan fingerprint density at radius 3 is 2.38 bits per heavy atom. The minimum absolute atomic E-state index is 0.162. The van der Waals surface area contributed by atoms with Crippen LogP contribution in [-0.4, -0.2) is 25.5 Å². The molecular formula is C18H20N2O4S2. The lowest BCUT2D eigenvalue weighted by atomic mass is 10.1. The molecule has 0 unspecified atom stereocenters. The lowest BCUT2D eigenvalue weighted by molar-refractivity contribution is 0.0923. The van der Waals surface area contributed by atoms with Crippen molar-refractivity contribution < 1.29 is 18.3 Å². The van der Waals surface area contributed by atoms with Gasteiger partial charge in [-0.25, -0.2) is 8.42 Å². The van der Waals surface area contributed by atoms with E-state index < -0.39 is 10.0 Å². The molecule has 0 aliphatic heterocycles. The minimum atomic E-state index is -3.69. The fourth-order valence-corrected chi connectivity index (χ4v) is 5.21. The molecule has 2 fully saturated rings. The Bertz CT molecular complexity index is 905. The summed E-state index contributed by atoms with van der Waals surface area (Å²) in [6.45, 7) is 0. The minimum Gasteiger partial charge on any atom is -0.507 e. The number of nitrogens with one attached hydrogen (secondary N) is 2. The van der Waals surface area contributed by atoms with Crippen LogP contribution in [0.4, 0.5) is 5.69 Å². The van der Waals surface area contributed by atoms with Gasteiger partial charge < -0.3 is 10.4 Å². The van der Waals surface area contributed by atoms with Crippen LogP contribution in [0.5, 0.6) is 5.75 Å². The van der Waals surface area contributed by atoms with Crippen LogP contribution in [-0.2, 0) is 10.0 Å². The van der Waals surface area contributed by atoms with Crippen LogP contribution >= 0.6 is 11.3 Å². The zero-order valence-electron chi connectivity index (χ0n) is 14.0. The summed E-state index contributed by atoms with van der Waals surface area (Å²) in [5.74, 6) is 0.578. The maximum atomic E-state index is 12.5. The van der Waals surface area contributed by atoms with Crippen LogP contribution in [0.25, 0.3) is 0 Å². The molecule has 0 saturated heterocycles. The van der Waals surface area contributed by atoms with E-state index in [0.29, 0.717) is 11.8 Å². The van der Waals surface area contributed by atoms with Crippen molar-refractivity contribution in [1.29, 1.82) is 0 Å². The van der Waals surface area contributed by atoms with E-state index >= 15 is 0 Å². The largest absolute Gasteiger partial charge is 0.507 e. The van der Waals surface area contributed by atoms with Gasteiger partial charge in [0, 0.05) is 12.1 Å². The number of carbonyl (C=O) groups is 1. The van der Waals surface area contributed by atoms with Gasteiger partial charge in [0.25, 0.3) is 15.9 Å². The third-order valence-electron chi connectivity index (χ3n) is 4.81. The maximum Gasteiger partial charge on any atom is 0.271 e. The van der Waals surface area contributed by atoms with Gasteiger partial charge >= 0.3 is 0 Å². The van der Waals surface area contributed by atoms with Crippen LogP contribution in [0.2, 0.25) is 0 Å². The first-order valence-electron chi connectivity index (χ1n) is 8.64. The van der Waals surface area contributed by atoms with Gasteiger partial charge in [0.1, 0.15) is 9.96 Å². The number of benzene rings is 1. The molecule has 2 saturated carbocycles. The number of aromatic hydroxyl groups is 1. The zero-order valence-corrected chi connectivity index (χ0v) is 15.6. The van der Waals surface area contributed by atoms with Crippen molar-refractivity contribution in [3.8, 4) is 5.75 Å². The van der Waals surface area contributed by atoms with Gasteiger partial charge in [-0.15, -0.1) is 11.3 Å². The number of carbonyl (C=O) groups excluding carboxylic acids is 1. The van der Waals surface area contributed by atoms with Crippen LogP contribution in [0.15, 0.2) is 39.9 Å². The highest BCUT2D eigenvalue weighted by Crippen LogP contribution is 2.44. The van der Waals surface area contributed by atoms with Gasteiger partial charge in [0.05, 0.1) is 11.3 Å². The second-order valence-corrected chi connectivity index (χ2v) is 9.80. The summed E-state index contributed by atoms with van der Waals surface area (Å²) in [6.07, 6.45) is 4.60. The van der Waals surface area contributed by atoms with Gasteiger partial charge in [-0.1, -0.05) is 6.07 Å². The number of hydrogen-bond donors (Lipinski definition) is 3. The molecular weight excluding hydrogens is 372 g/mol. The fraction of sp³-hybridized carbons (Fsp3) is 0.389. The van der Waals surface area contributed by atoms with Gasteiger partial charge in [-0.3, -0.25) is 9.52 Å². The third kappa shape index (κ3) is 3.71. The fourth-order valence-electron chi connectivity index (χ4n) is 3.17. The van der Waals surface area contributed by atoms with E-state index in [0.717, 1.165) is 37.0 Å². The smallest absolute Gasteiger partial charge is 0.271 e. The highest BCUT2D eigenvalue weighted by molar-refractivity contribution is 7.94. The van der Waals surface area contributed by atoms with Gasteiger partial charge in [0.15, 0.2) is 0 Å². The number of amides is 1. The normalized spacial score (nSPS) is 17.3. The van der Waals surface area contributed by atoms with Crippen molar-refractivity contribution in [2.45, 2.75) is 35.9 Å². The van der Waals surface area contributed by atoms with E-state index in [1.165, 1.54) is 24.3 Å². The Labute approximate surface area is 156 Å². The van der Waals surface area contributed by atoms with Crippen LogP contribution in [0.1, 0.15) is 36.0 Å². The maximum absolute atomic E-state index is 12.5. The van der Waals surface area contributed by atoms with Crippen LogP contribution in [0.3, 0.4) is 0 Å². The van der Waals surface area contributed by atoms with Crippen LogP contribution < -0.4 is 10.0 Å². The second-order valence-electron chi connectivity index (χ2n) is 6.94. The quantitative estimate of drug-likeness (QED) is 0.674. The Kier molecular flexibility index (Phi) is 4.40. The molecule has 0 radical (unpaired) electrons. The SMILES string of the molecule is O=C(NC(C1CC1)C1CC1)c1ccc(NS(=O)(=O)c2cccs2)cc1O. The highest BCUT2D eigenvalue weighted by atomic mass is 32.2. The van der Waals surface area contributed by atoms with E-state index in [1.54, 1.807) is 11.4 Å². The molecule has 3 N–H and O–H groups in total. The molecule has 1 heterocycles. The highest BCUT2D eigenvalue weighted by Gasteiger charge is 2.42. The summed E-state index contributed by atoms with van der Waals surface area (Å²) in [5.41, 5.74) is 0.378. The van der Waals surface area contributed by atoms with Gasteiger partial charge in [-0.05, 0) is 61.1 Å². The molecule has 1 aromatic carbocycles. The first kappa shape index (κ1) is 17.4. The number of hydrogen-bond acceptors (Lipinski definition) is 5. The molecule has 6 nitrogen and oxygen atoms in total. The molecule has 2 aliphatic carbocycles. The molecule has 2 aliphatic rings. The molecule has 0 spiro atoms. The van der Waals surface area contributed by atoms with Gasteiger partial charge in [0.2, 0.25) is 0 Å². The van der Waals surface area contributed by atoms with Crippen molar-refractivity contribution >= 4 is 33.0 Å². The van der Waals surface area contributed by atoms with E-state index in [-0.39, 0.29) is 33.2 Å². The van der Waals surface area contributed by atoms with Crippen molar-refractivity contribution in [2.75, 3.05) is 4.72 Å². The number of rotatable bonds is 7. The number of phenolic OH excluding ortho intramolecular Hbond substituents is 1. The van der Waals surface area contributed by atoms with E-state index in [2.05, 4.69) is 10.0 Å². The molecule has 1 amide bonds. The second kappa shape index (κ2) is 6.59. The topological polar surface area (TPSA) is 95.5 Å². The summed E-state index contributed by atoms with van der Waals surface area (Å²) in [4.78, 5) is 12.5. The molecule has 8 heteroatoms. The van der Waals surface area contributed by atoms with Crippen molar-refractivity contribution in [3.05, 3.63) is 41.3 Å². The summed E-state index contributed by atoms with van der Waals surface area (Å²) in [5, 5.41) is 14.9.